The normalized spacial score (nSPS) is 19.4. The van der Waals surface area contributed by atoms with Crippen molar-refractivity contribution in [3.63, 3.8) is 0 Å². The molecule has 0 saturated heterocycles. The van der Waals surface area contributed by atoms with Crippen molar-refractivity contribution in [1.29, 1.82) is 0 Å². The van der Waals surface area contributed by atoms with Crippen molar-refractivity contribution in [2.75, 3.05) is 12.3 Å². The Morgan fingerprint density at radius 1 is 1.29 bits per heavy atom. The van der Waals surface area contributed by atoms with E-state index in [1.54, 1.807) is 0 Å². The van der Waals surface area contributed by atoms with Gasteiger partial charge >= 0.3 is 0 Å². The Labute approximate surface area is 167 Å². The second-order valence-electron chi connectivity index (χ2n) is 8.06. The number of rotatable bonds is 8. The van der Waals surface area contributed by atoms with Gasteiger partial charge in [-0.1, -0.05) is 18.9 Å². The molecule has 0 radical (unpaired) electrons. The highest BCUT2D eigenvalue weighted by atomic mass is 32.2. The largest absolute Gasteiger partial charge is 0.491 e. The summed E-state index contributed by atoms with van der Waals surface area (Å²) in [4.78, 5) is 11.1. The molecule has 1 N–H and O–H groups in total. The summed E-state index contributed by atoms with van der Waals surface area (Å²) in [5.74, 6) is 0.511. The van der Waals surface area contributed by atoms with Crippen LogP contribution in [-0.2, 0) is 27.8 Å². The molecule has 156 valence electrons. The molecule has 1 fully saturated rings. The first-order chi connectivity index (χ1) is 13.3. The van der Waals surface area contributed by atoms with Crippen molar-refractivity contribution in [1.82, 2.24) is 9.37 Å². The number of amides is 1. The summed E-state index contributed by atoms with van der Waals surface area (Å²) in [6, 6.07) is 5.14. The summed E-state index contributed by atoms with van der Waals surface area (Å²) in [6.45, 7) is 4.60. The average molecular weight is 411 g/mol. The van der Waals surface area contributed by atoms with Crippen LogP contribution in [-0.4, -0.2) is 53.8 Å². The Hall–Kier alpha value is -1.64. The summed E-state index contributed by atoms with van der Waals surface area (Å²) in [5.41, 5.74) is 2.08. The molecular formula is C20H30N2O5S. The molecule has 1 aliphatic carbocycles. The van der Waals surface area contributed by atoms with Crippen molar-refractivity contribution in [2.24, 2.45) is 5.92 Å². The zero-order valence-electron chi connectivity index (χ0n) is 16.6. The maximum Gasteiger partial charge on any atom is 0.233 e. The van der Waals surface area contributed by atoms with Gasteiger partial charge < -0.3 is 4.74 Å². The lowest BCUT2D eigenvalue weighted by molar-refractivity contribution is -0.162. The number of sulfonamides is 1. The van der Waals surface area contributed by atoms with E-state index in [0.29, 0.717) is 24.4 Å². The van der Waals surface area contributed by atoms with Crippen molar-refractivity contribution < 1.29 is 23.2 Å². The zero-order valence-corrected chi connectivity index (χ0v) is 17.4. The monoisotopic (exact) mass is 410 g/mol. The Balaban J connectivity index is 1.76. The molecule has 1 amide bonds. The van der Waals surface area contributed by atoms with Crippen LogP contribution >= 0.6 is 0 Å². The van der Waals surface area contributed by atoms with Crippen molar-refractivity contribution in [3.05, 3.63) is 29.3 Å². The van der Waals surface area contributed by atoms with E-state index in [-0.39, 0.29) is 24.3 Å². The molecule has 1 heterocycles. The first-order valence-electron chi connectivity index (χ1n) is 9.99. The number of hydroxylamine groups is 2. The highest BCUT2D eigenvalue weighted by molar-refractivity contribution is 7.89. The van der Waals surface area contributed by atoms with Crippen LogP contribution in [0.15, 0.2) is 18.2 Å². The van der Waals surface area contributed by atoms with Crippen LogP contribution in [0.3, 0.4) is 0 Å². The standard InChI is InChI=1S/C20H30N2O5S/c1-15(2)27-19-8-7-16-9-10-21(12-18(16)11-19)28(25,26)13-20(22(24)14-23)17-5-3-4-6-17/h7-8,11,14-15,17,20,24H,3-6,9-10,12-13H2,1-2H3. The van der Waals surface area contributed by atoms with E-state index in [4.69, 9.17) is 4.74 Å². The molecule has 28 heavy (non-hydrogen) atoms. The maximum absolute atomic E-state index is 13.1. The number of carbonyl (C=O) groups is 1. The first-order valence-corrected chi connectivity index (χ1v) is 11.6. The lowest BCUT2D eigenvalue weighted by Gasteiger charge is -2.33. The van der Waals surface area contributed by atoms with Gasteiger partial charge in [0.05, 0.1) is 17.9 Å². The molecule has 1 atom stereocenters. The van der Waals surface area contributed by atoms with Crippen LogP contribution in [0.4, 0.5) is 0 Å². The van der Waals surface area contributed by atoms with Crippen molar-refractivity contribution in [2.45, 2.75) is 64.6 Å². The van der Waals surface area contributed by atoms with Gasteiger partial charge in [0.1, 0.15) is 5.75 Å². The Morgan fingerprint density at radius 3 is 2.64 bits per heavy atom. The van der Waals surface area contributed by atoms with Gasteiger partial charge in [-0.3, -0.25) is 10.0 Å². The van der Waals surface area contributed by atoms with Crippen molar-refractivity contribution in [3.8, 4) is 5.75 Å². The molecule has 2 aliphatic rings. The lowest BCUT2D eigenvalue weighted by Crippen LogP contribution is -2.47. The number of nitrogens with zero attached hydrogens (tertiary/aromatic N) is 2. The summed E-state index contributed by atoms with van der Waals surface area (Å²) in [7, 11) is -3.62. The van der Waals surface area contributed by atoms with Gasteiger partial charge in [0.2, 0.25) is 16.4 Å². The molecule has 1 aliphatic heterocycles. The van der Waals surface area contributed by atoms with Crippen LogP contribution in [0, 0.1) is 5.92 Å². The topological polar surface area (TPSA) is 87.2 Å². The van der Waals surface area contributed by atoms with E-state index in [0.717, 1.165) is 42.6 Å². The van der Waals surface area contributed by atoms with E-state index in [1.165, 1.54) is 4.31 Å². The summed E-state index contributed by atoms with van der Waals surface area (Å²) in [5, 5.41) is 10.5. The number of benzene rings is 1. The molecule has 1 aromatic carbocycles. The maximum atomic E-state index is 13.1. The minimum atomic E-state index is -3.62. The third-order valence-electron chi connectivity index (χ3n) is 5.69. The number of ether oxygens (including phenoxy) is 1. The lowest BCUT2D eigenvalue weighted by atomic mass is 10.00. The molecular weight excluding hydrogens is 380 g/mol. The predicted octanol–water partition coefficient (Wildman–Crippen LogP) is 2.57. The third kappa shape index (κ3) is 4.85. The molecule has 8 heteroatoms. The van der Waals surface area contributed by atoms with Crippen LogP contribution < -0.4 is 4.74 Å². The summed E-state index contributed by atoms with van der Waals surface area (Å²) >= 11 is 0. The molecule has 7 nitrogen and oxygen atoms in total. The van der Waals surface area contributed by atoms with Crippen LogP contribution in [0.1, 0.15) is 50.7 Å². The molecule has 0 bridgehead atoms. The average Bonchev–Trinajstić information content (AvgIpc) is 3.19. The number of hydrogen-bond acceptors (Lipinski definition) is 5. The third-order valence-corrected chi connectivity index (χ3v) is 7.55. The first kappa shape index (κ1) is 21.1. The molecule has 0 aromatic heterocycles. The number of fused-ring (bicyclic) bond motifs is 1. The smallest absolute Gasteiger partial charge is 0.233 e. The van der Waals surface area contributed by atoms with E-state index in [1.807, 2.05) is 32.0 Å². The van der Waals surface area contributed by atoms with Crippen LogP contribution in [0.5, 0.6) is 5.75 Å². The highest BCUT2D eigenvalue weighted by Crippen LogP contribution is 2.32. The fourth-order valence-electron chi connectivity index (χ4n) is 4.26. The summed E-state index contributed by atoms with van der Waals surface area (Å²) < 4.78 is 33.4. The van der Waals surface area contributed by atoms with Gasteiger partial charge in [0.25, 0.3) is 0 Å². The van der Waals surface area contributed by atoms with Gasteiger partial charge in [0, 0.05) is 13.1 Å². The van der Waals surface area contributed by atoms with Gasteiger partial charge in [0.15, 0.2) is 0 Å². The zero-order chi connectivity index (χ0) is 20.3. The Kier molecular flexibility index (Phi) is 6.62. The van der Waals surface area contributed by atoms with E-state index in [2.05, 4.69) is 0 Å². The molecule has 1 aromatic rings. The highest BCUT2D eigenvalue weighted by Gasteiger charge is 2.36. The quantitative estimate of drug-likeness (QED) is 0.404. The van der Waals surface area contributed by atoms with Gasteiger partial charge in [-0.2, -0.15) is 4.31 Å². The van der Waals surface area contributed by atoms with Gasteiger partial charge in [-0.15, -0.1) is 0 Å². The Morgan fingerprint density at radius 2 is 2.00 bits per heavy atom. The minimum Gasteiger partial charge on any atom is -0.491 e. The number of hydrogen-bond donors (Lipinski definition) is 1. The van der Waals surface area contributed by atoms with Gasteiger partial charge in [-0.05, 0) is 62.3 Å². The van der Waals surface area contributed by atoms with E-state index in [9.17, 15) is 18.4 Å². The predicted molar refractivity (Wildman–Crippen MR) is 106 cm³/mol. The SMILES string of the molecule is CC(C)Oc1ccc2c(c1)CN(S(=O)(=O)CC(C1CCCC1)N(O)C=O)CC2. The number of carbonyl (C=O) groups excluding carboxylic acids is 1. The van der Waals surface area contributed by atoms with Crippen molar-refractivity contribution >= 4 is 16.4 Å². The van der Waals surface area contributed by atoms with Crippen LogP contribution in [0.2, 0.25) is 0 Å². The summed E-state index contributed by atoms with van der Waals surface area (Å²) in [6.07, 6.45) is 4.69. The van der Waals surface area contributed by atoms with E-state index >= 15 is 0 Å². The molecule has 0 spiro atoms. The van der Waals surface area contributed by atoms with E-state index < -0.39 is 16.1 Å². The van der Waals surface area contributed by atoms with Crippen LogP contribution in [0.25, 0.3) is 0 Å². The molecule has 1 saturated carbocycles. The Bertz CT molecular complexity index is 790. The van der Waals surface area contributed by atoms with Gasteiger partial charge in [-0.25, -0.2) is 13.5 Å². The second-order valence-corrected chi connectivity index (χ2v) is 10.1. The molecule has 1 unspecified atom stereocenters. The fraction of sp³-hybridized carbons (Fsp3) is 0.650. The minimum absolute atomic E-state index is 0.0214. The molecule has 3 rings (SSSR count). The second kappa shape index (κ2) is 8.80. The fourth-order valence-corrected chi connectivity index (χ4v) is 6.03.